The van der Waals surface area contributed by atoms with Crippen molar-refractivity contribution in [3.05, 3.63) is 110 Å². The molecule has 2 unspecified atom stereocenters. The molecule has 0 radical (unpaired) electrons. The number of carbonyl (C=O) groups excluding carboxylic acids is 2. The zero-order valence-corrected chi connectivity index (χ0v) is 22.2. The molecule has 0 N–H and O–H groups in total. The highest BCUT2D eigenvalue weighted by molar-refractivity contribution is 7.78. The first-order valence-corrected chi connectivity index (χ1v) is 13.8. The quantitative estimate of drug-likeness (QED) is 0.222. The van der Waals surface area contributed by atoms with Crippen molar-refractivity contribution < 1.29 is 14.3 Å². The van der Waals surface area contributed by atoms with Gasteiger partial charge in [0.15, 0.2) is 5.78 Å². The van der Waals surface area contributed by atoms with Crippen molar-refractivity contribution in [2.24, 2.45) is 0 Å². The lowest BCUT2D eigenvalue weighted by Gasteiger charge is -2.45. The number of amides is 1. The van der Waals surface area contributed by atoms with Crippen molar-refractivity contribution in [1.29, 1.82) is 0 Å². The smallest absolute Gasteiger partial charge is 0.248 e. The molecule has 1 amide bonds. The number of rotatable bonds is 5. The van der Waals surface area contributed by atoms with Gasteiger partial charge in [-0.1, -0.05) is 54.7 Å². The second-order valence-corrected chi connectivity index (χ2v) is 11.0. The number of hydrogen-bond donors (Lipinski definition) is 1. The molecule has 4 aromatic rings. The van der Waals surface area contributed by atoms with Gasteiger partial charge < -0.3 is 4.74 Å². The predicted molar refractivity (Wildman–Crippen MR) is 148 cm³/mol. The zero-order valence-electron chi connectivity index (χ0n) is 19.8. The van der Waals surface area contributed by atoms with E-state index in [-0.39, 0.29) is 12.2 Å². The maximum Gasteiger partial charge on any atom is 0.248 e. The molecule has 0 spiro atoms. The van der Waals surface area contributed by atoms with E-state index in [4.69, 9.17) is 34.1 Å². The van der Waals surface area contributed by atoms with E-state index in [9.17, 15) is 9.59 Å². The van der Waals surface area contributed by atoms with Crippen molar-refractivity contribution in [3.63, 3.8) is 0 Å². The number of aromatic nitrogens is 1. The Morgan fingerprint density at radius 1 is 1.03 bits per heavy atom. The van der Waals surface area contributed by atoms with Crippen LogP contribution in [0.1, 0.15) is 46.7 Å². The predicted octanol–water partition coefficient (Wildman–Crippen LogP) is 6.75. The third kappa shape index (κ3) is 4.15. The second kappa shape index (κ2) is 9.63. The summed E-state index contributed by atoms with van der Waals surface area (Å²) in [5.41, 5.74) is 3.25. The number of halogens is 1. The lowest BCUT2D eigenvalue weighted by Crippen LogP contribution is -2.54. The van der Waals surface area contributed by atoms with Crippen LogP contribution in [0.2, 0.25) is 5.02 Å². The molecule has 2 aromatic heterocycles. The Bertz CT molecular complexity index is 1510. The number of benzene rings is 2. The van der Waals surface area contributed by atoms with E-state index in [2.05, 4.69) is 12.1 Å². The van der Waals surface area contributed by atoms with E-state index < -0.39 is 17.4 Å². The number of aryl methyl sites for hydroxylation is 2. The third-order valence-corrected chi connectivity index (χ3v) is 8.79. The summed E-state index contributed by atoms with van der Waals surface area (Å²) in [6.45, 7) is 0. The average Bonchev–Trinajstić information content (AvgIpc) is 3.60. The van der Waals surface area contributed by atoms with Gasteiger partial charge in [-0.25, -0.2) is 4.98 Å². The maximum atomic E-state index is 13.8. The third-order valence-electron chi connectivity index (χ3n) is 7.22. The molecule has 3 heterocycles. The molecule has 6 rings (SSSR count). The Balaban J connectivity index is 1.40. The van der Waals surface area contributed by atoms with Crippen LogP contribution in [-0.4, -0.2) is 21.0 Å². The molecule has 1 aliphatic carbocycles. The van der Waals surface area contributed by atoms with Gasteiger partial charge in [-0.15, -0.1) is 0 Å². The Hall–Kier alpha value is -3.13. The topological polar surface area (TPSA) is 59.5 Å². The van der Waals surface area contributed by atoms with Crippen molar-refractivity contribution in [2.75, 3.05) is 0 Å². The molecule has 2 aromatic carbocycles. The average molecular weight is 547 g/mol. The Morgan fingerprint density at radius 2 is 1.86 bits per heavy atom. The number of ether oxygens (including phenoxy) is 1. The highest BCUT2D eigenvalue weighted by Crippen LogP contribution is 2.48. The molecule has 1 fully saturated rings. The molecule has 5 nitrogen and oxygen atoms in total. The number of carbonyl (C=O) groups is 2. The maximum absolute atomic E-state index is 13.8. The number of fused-ring (bicyclic) bond motifs is 1. The number of pyridine rings is 1. The lowest BCUT2D eigenvalue weighted by atomic mass is 9.75. The lowest BCUT2D eigenvalue weighted by molar-refractivity contribution is -0.142. The fourth-order valence-electron chi connectivity index (χ4n) is 5.40. The van der Waals surface area contributed by atoms with E-state index in [0.717, 1.165) is 24.8 Å². The first-order chi connectivity index (χ1) is 18.0. The van der Waals surface area contributed by atoms with E-state index in [0.29, 0.717) is 27.9 Å². The van der Waals surface area contributed by atoms with Crippen molar-refractivity contribution >= 4 is 47.4 Å². The molecule has 8 heteroatoms. The molecule has 0 bridgehead atoms. The van der Waals surface area contributed by atoms with Crippen LogP contribution in [0.4, 0.5) is 0 Å². The molecule has 2 aliphatic rings. The van der Waals surface area contributed by atoms with E-state index in [1.807, 2.05) is 35.0 Å². The summed E-state index contributed by atoms with van der Waals surface area (Å²) in [6.07, 6.45) is 3.31. The van der Waals surface area contributed by atoms with Gasteiger partial charge >= 0.3 is 0 Å². The zero-order chi connectivity index (χ0) is 25.6. The first kappa shape index (κ1) is 24.2. The normalized spacial score (nSPS) is 21.2. The van der Waals surface area contributed by atoms with Crippen LogP contribution < -0.4 is 4.74 Å². The summed E-state index contributed by atoms with van der Waals surface area (Å²) < 4.78 is 7.51. The molecule has 186 valence electrons. The summed E-state index contributed by atoms with van der Waals surface area (Å²) in [7, 11) is 0. The number of hydrogen-bond acceptors (Lipinski definition) is 6. The van der Waals surface area contributed by atoms with Gasteiger partial charge in [-0.05, 0) is 82.6 Å². The largest absolute Gasteiger partial charge is 0.439 e. The summed E-state index contributed by atoms with van der Waals surface area (Å²) in [6, 6.07) is 20.4. The van der Waals surface area contributed by atoms with Gasteiger partial charge in [-0.3, -0.25) is 13.9 Å². The van der Waals surface area contributed by atoms with Crippen molar-refractivity contribution in [1.82, 2.24) is 9.29 Å². The van der Waals surface area contributed by atoms with Crippen LogP contribution in [0.15, 0.2) is 77.5 Å². The summed E-state index contributed by atoms with van der Waals surface area (Å²) in [4.78, 5) is 32.3. The molecule has 2 atom stereocenters. The van der Waals surface area contributed by atoms with Gasteiger partial charge in [0.2, 0.25) is 11.8 Å². The molecule has 37 heavy (non-hydrogen) atoms. The minimum absolute atomic E-state index is 0.00413. The number of nitrogens with zero attached hydrogens (tertiary/aromatic N) is 2. The minimum atomic E-state index is -1.19. The van der Waals surface area contributed by atoms with Gasteiger partial charge in [0.25, 0.3) is 0 Å². The SMILES string of the molecule is O=C1CC(c2ccsc2)(c2cccc(Oc3ccc4c(c3)CCC4)n2)N(S)C(=O)C1c1ccccc1Cl. The van der Waals surface area contributed by atoms with E-state index in [1.54, 1.807) is 30.3 Å². The fourth-order valence-corrected chi connectivity index (χ4v) is 6.77. The Morgan fingerprint density at radius 3 is 2.68 bits per heavy atom. The van der Waals surface area contributed by atoms with Crippen LogP contribution in [0.3, 0.4) is 0 Å². The Labute approximate surface area is 229 Å². The van der Waals surface area contributed by atoms with Crippen LogP contribution in [0.25, 0.3) is 0 Å². The van der Waals surface area contributed by atoms with Crippen molar-refractivity contribution in [2.45, 2.75) is 37.1 Å². The van der Waals surface area contributed by atoms with Gasteiger partial charge in [0.1, 0.15) is 17.2 Å². The number of thiol groups is 1. The number of Topliss-reactive ketones (excluding diaryl/α,β-unsaturated/α-hetero) is 1. The van der Waals surface area contributed by atoms with Gasteiger partial charge in [-0.2, -0.15) is 11.3 Å². The van der Waals surface area contributed by atoms with Gasteiger partial charge in [0.05, 0.1) is 5.69 Å². The Kier molecular flexibility index (Phi) is 6.31. The highest BCUT2D eigenvalue weighted by atomic mass is 35.5. The molecular weight excluding hydrogens is 524 g/mol. The molecule has 0 saturated carbocycles. The molecule has 1 aliphatic heterocycles. The number of ketones is 1. The van der Waals surface area contributed by atoms with Crippen LogP contribution >= 0.6 is 35.8 Å². The van der Waals surface area contributed by atoms with E-state index in [1.165, 1.54) is 26.8 Å². The summed E-state index contributed by atoms with van der Waals surface area (Å²) >= 11 is 12.6. The minimum Gasteiger partial charge on any atom is -0.439 e. The van der Waals surface area contributed by atoms with Crippen LogP contribution in [-0.2, 0) is 28.0 Å². The summed E-state index contributed by atoms with van der Waals surface area (Å²) in [5, 5.41) is 4.22. The highest BCUT2D eigenvalue weighted by Gasteiger charge is 2.53. The summed E-state index contributed by atoms with van der Waals surface area (Å²) in [5.74, 6) is -0.595. The second-order valence-electron chi connectivity index (χ2n) is 9.37. The number of thiophene rings is 1. The molecule has 1 saturated heterocycles. The standard InChI is InChI=1S/C29H23ClN2O3S2/c30-23-8-2-1-7-22(23)27-24(33)16-29(32(36)28(27)34,20-13-14-37-17-20)25-9-4-10-26(31-25)35-21-12-11-18-5-3-6-19(18)15-21/h1-2,4,7-15,17,27,36H,3,5-6,16H2. The van der Waals surface area contributed by atoms with Crippen LogP contribution in [0.5, 0.6) is 11.6 Å². The first-order valence-electron chi connectivity index (χ1n) is 12.1. The van der Waals surface area contributed by atoms with Crippen LogP contribution in [0, 0.1) is 0 Å². The molecular formula is C29H23ClN2O3S2. The fraction of sp³-hybridized carbons (Fsp3) is 0.207. The van der Waals surface area contributed by atoms with E-state index >= 15 is 0 Å². The number of piperidine rings is 1. The van der Waals surface area contributed by atoms with Crippen molar-refractivity contribution in [3.8, 4) is 11.6 Å². The monoisotopic (exact) mass is 546 g/mol. The van der Waals surface area contributed by atoms with Gasteiger partial charge in [0, 0.05) is 17.5 Å².